The van der Waals surface area contributed by atoms with Gasteiger partial charge in [0, 0.05) is 11.1 Å². The molecule has 150 valence electrons. The third-order valence-electron chi connectivity index (χ3n) is 3.97. The van der Waals surface area contributed by atoms with Crippen LogP contribution in [0.4, 0.5) is 0 Å². The largest absolute Gasteiger partial charge is 0.478 e. The van der Waals surface area contributed by atoms with E-state index >= 15 is 0 Å². The molecule has 1 aromatic heterocycles. The molecule has 0 saturated heterocycles. The molecule has 11 heteroatoms. The Hall–Kier alpha value is -3.12. The van der Waals surface area contributed by atoms with Crippen LogP contribution in [0.15, 0.2) is 70.5 Å². The molecule has 0 atom stereocenters. The van der Waals surface area contributed by atoms with Crippen molar-refractivity contribution in [1.82, 2.24) is 4.98 Å². The first-order chi connectivity index (χ1) is 13.4. The highest BCUT2D eigenvalue weighted by molar-refractivity contribution is 7.86. The molecule has 0 radical (unpaired) electrons. The van der Waals surface area contributed by atoms with E-state index in [1.807, 2.05) is 0 Å². The summed E-state index contributed by atoms with van der Waals surface area (Å²) in [7, 11) is -8.75. The van der Waals surface area contributed by atoms with E-state index in [1.54, 1.807) is 0 Å². The van der Waals surface area contributed by atoms with Gasteiger partial charge < -0.3 is 5.11 Å². The molecule has 3 N–H and O–H groups in total. The first kappa shape index (κ1) is 20.6. The molecule has 0 saturated carbocycles. The summed E-state index contributed by atoms with van der Waals surface area (Å²) < 4.78 is 62.8. The summed E-state index contributed by atoms with van der Waals surface area (Å²) in [5.74, 6) is -1.22. The van der Waals surface area contributed by atoms with E-state index in [0.717, 1.165) is 24.3 Å². The first-order valence-electron chi connectivity index (χ1n) is 7.86. The highest BCUT2D eigenvalue weighted by Gasteiger charge is 2.15. The second-order valence-electron chi connectivity index (χ2n) is 5.93. The lowest BCUT2D eigenvalue weighted by Crippen LogP contribution is -2.01. The van der Waals surface area contributed by atoms with Gasteiger partial charge in [0.1, 0.15) is 0 Å². The number of hydrogen-bond donors (Lipinski definition) is 3. The lowest BCUT2D eigenvalue weighted by atomic mass is 10.0. The summed E-state index contributed by atoms with van der Waals surface area (Å²) >= 11 is 0. The molecule has 2 aromatic carbocycles. The van der Waals surface area contributed by atoms with Crippen LogP contribution in [0.5, 0.6) is 0 Å². The number of carboxylic acid groups (broad SMARTS) is 1. The maximum atomic E-state index is 11.5. The normalized spacial score (nSPS) is 11.9. The number of carbonyl (C=O) groups is 1. The first-order valence-corrected chi connectivity index (χ1v) is 10.7. The van der Waals surface area contributed by atoms with Gasteiger partial charge >= 0.3 is 5.97 Å². The fourth-order valence-electron chi connectivity index (χ4n) is 2.55. The maximum absolute atomic E-state index is 11.5. The summed E-state index contributed by atoms with van der Waals surface area (Å²) in [6, 6.07) is 12.7. The minimum absolute atomic E-state index is 0.0947. The van der Waals surface area contributed by atoms with E-state index in [-0.39, 0.29) is 26.7 Å². The van der Waals surface area contributed by atoms with Crippen molar-refractivity contribution in [2.24, 2.45) is 0 Å². The molecule has 0 aliphatic rings. The standard InChI is InChI=1S/C18H13NO8S2/c20-18(21)13-9-16(11-1-5-14(6-2-11)28(22,23)24)19-17(10-13)12-3-7-15(8-4-12)29(25,26)27/h1-10H,(H,20,21)(H,22,23,24)(H,25,26,27). The van der Waals surface area contributed by atoms with Gasteiger partial charge in [-0.05, 0) is 36.4 Å². The number of nitrogens with zero attached hydrogens (tertiary/aromatic N) is 1. The van der Waals surface area contributed by atoms with E-state index in [1.165, 1.54) is 36.4 Å². The van der Waals surface area contributed by atoms with Crippen LogP contribution < -0.4 is 0 Å². The van der Waals surface area contributed by atoms with Gasteiger partial charge in [-0.1, -0.05) is 24.3 Å². The van der Waals surface area contributed by atoms with Gasteiger partial charge in [-0.3, -0.25) is 9.11 Å². The fraction of sp³-hybridized carbons (Fsp3) is 0. The number of carboxylic acids is 1. The van der Waals surface area contributed by atoms with Crippen molar-refractivity contribution in [3.63, 3.8) is 0 Å². The summed E-state index contributed by atoms with van der Waals surface area (Å²) in [5.41, 5.74) is 1.15. The molecular weight excluding hydrogens is 422 g/mol. The van der Waals surface area contributed by atoms with E-state index in [9.17, 15) is 26.7 Å². The Labute approximate surface area is 165 Å². The molecule has 0 spiro atoms. The second-order valence-corrected chi connectivity index (χ2v) is 8.77. The van der Waals surface area contributed by atoms with Gasteiger partial charge in [0.05, 0.1) is 26.7 Å². The zero-order valence-electron chi connectivity index (χ0n) is 14.4. The summed E-state index contributed by atoms with van der Waals surface area (Å²) in [4.78, 5) is 15.2. The average Bonchev–Trinajstić information content (AvgIpc) is 2.66. The number of hydrogen-bond acceptors (Lipinski definition) is 6. The fourth-order valence-corrected chi connectivity index (χ4v) is 3.51. The smallest absolute Gasteiger partial charge is 0.335 e. The zero-order valence-corrected chi connectivity index (χ0v) is 16.1. The molecule has 29 heavy (non-hydrogen) atoms. The van der Waals surface area contributed by atoms with E-state index in [4.69, 9.17) is 9.11 Å². The quantitative estimate of drug-likeness (QED) is 0.512. The Morgan fingerprint density at radius 1 is 0.690 bits per heavy atom. The second kappa shape index (κ2) is 7.37. The molecule has 3 aromatic rings. The van der Waals surface area contributed by atoms with E-state index in [2.05, 4.69) is 4.98 Å². The van der Waals surface area contributed by atoms with Crippen LogP contribution in [0, 0.1) is 0 Å². The Balaban J connectivity index is 2.10. The number of rotatable bonds is 5. The average molecular weight is 435 g/mol. The molecule has 0 aliphatic carbocycles. The van der Waals surface area contributed by atoms with Crippen molar-refractivity contribution < 1.29 is 35.8 Å². The van der Waals surface area contributed by atoms with Gasteiger partial charge in [0.2, 0.25) is 0 Å². The Kier molecular flexibility index (Phi) is 5.24. The van der Waals surface area contributed by atoms with Crippen molar-refractivity contribution in [2.45, 2.75) is 9.79 Å². The molecular formula is C18H13NO8S2. The monoisotopic (exact) mass is 435 g/mol. The highest BCUT2D eigenvalue weighted by Crippen LogP contribution is 2.26. The van der Waals surface area contributed by atoms with E-state index < -0.39 is 26.2 Å². The predicted molar refractivity (Wildman–Crippen MR) is 102 cm³/mol. The Morgan fingerprint density at radius 3 is 1.31 bits per heavy atom. The summed E-state index contributed by atoms with van der Waals surface area (Å²) in [6.45, 7) is 0. The van der Waals surface area contributed by atoms with Crippen LogP contribution in [0.25, 0.3) is 22.5 Å². The van der Waals surface area contributed by atoms with Crippen molar-refractivity contribution in [3.8, 4) is 22.5 Å². The summed E-state index contributed by atoms with van der Waals surface area (Å²) in [6.07, 6.45) is 0. The third-order valence-corrected chi connectivity index (χ3v) is 5.70. The number of aromatic nitrogens is 1. The van der Waals surface area contributed by atoms with Gasteiger partial charge in [-0.2, -0.15) is 16.8 Å². The minimum atomic E-state index is -4.37. The van der Waals surface area contributed by atoms with Crippen molar-refractivity contribution in [2.75, 3.05) is 0 Å². The topological polar surface area (TPSA) is 159 Å². The van der Waals surface area contributed by atoms with Crippen LogP contribution in [-0.4, -0.2) is 42.0 Å². The summed E-state index contributed by atoms with van der Waals surface area (Å²) in [5, 5.41) is 9.38. The van der Waals surface area contributed by atoms with Crippen LogP contribution in [-0.2, 0) is 20.2 Å². The lowest BCUT2D eigenvalue weighted by molar-refractivity contribution is 0.0696. The molecule has 1 heterocycles. The molecule has 0 amide bonds. The van der Waals surface area contributed by atoms with Crippen molar-refractivity contribution in [3.05, 3.63) is 66.2 Å². The van der Waals surface area contributed by atoms with Gasteiger partial charge in [-0.15, -0.1) is 0 Å². The lowest BCUT2D eigenvalue weighted by Gasteiger charge is -2.09. The predicted octanol–water partition coefficient (Wildman–Crippen LogP) is 2.61. The minimum Gasteiger partial charge on any atom is -0.478 e. The molecule has 9 nitrogen and oxygen atoms in total. The molecule has 3 rings (SSSR count). The van der Waals surface area contributed by atoms with Crippen LogP contribution in [0.2, 0.25) is 0 Å². The molecule has 0 fully saturated rings. The van der Waals surface area contributed by atoms with E-state index in [0.29, 0.717) is 11.1 Å². The van der Waals surface area contributed by atoms with Gasteiger partial charge in [0.25, 0.3) is 20.2 Å². The molecule has 0 bridgehead atoms. The number of pyridine rings is 1. The van der Waals surface area contributed by atoms with Gasteiger partial charge in [0.15, 0.2) is 0 Å². The maximum Gasteiger partial charge on any atom is 0.335 e. The number of benzene rings is 2. The SMILES string of the molecule is O=C(O)c1cc(-c2ccc(S(=O)(=O)O)cc2)nc(-c2ccc(S(=O)(=O)O)cc2)c1. The molecule has 0 aliphatic heterocycles. The van der Waals surface area contributed by atoms with Crippen molar-refractivity contribution >= 4 is 26.2 Å². The third kappa shape index (κ3) is 4.66. The van der Waals surface area contributed by atoms with Crippen molar-refractivity contribution in [1.29, 1.82) is 0 Å². The van der Waals surface area contributed by atoms with Crippen LogP contribution in [0.3, 0.4) is 0 Å². The van der Waals surface area contributed by atoms with Gasteiger partial charge in [-0.25, -0.2) is 9.78 Å². The van der Waals surface area contributed by atoms with Crippen LogP contribution >= 0.6 is 0 Å². The van der Waals surface area contributed by atoms with Crippen LogP contribution in [0.1, 0.15) is 10.4 Å². The molecule has 0 unspecified atom stereocenters. The highest BCUT2D eigenvalue weighted by atomic mass is 32.2. The zero-order chi connectivity index (χ0) is 21.4. The Bertz CT molecular complexity index is 1200. The Morgan fingerprint density at radius 2 is 1.03 bits per heavy atom. The number of aromatic carboxylic acids is 1.